The second-order valence-corrected chi connectivity index (χ2v) is 8.97. The van der Waals surface area contributed by atoms with Gasteiger partial charge in [-0.25, -0.2) is 4.68 Å². The summed E-state index contributed by atoms with van der Waals surface area (Å²) in [6, 6.07) is 20.8. The number of nitrogens with zero attached hydrogens (tertiary/aromatic N) is 3. The van der Waals surface area contributed by atoms with Crippen molar-refractivity contribution in [2.24, 2.45) is 0 Å². The van der Waals surface area contributed by atoms with Crippen LogP contribution in [0.3, 0.4) is 0 Å². The lowest BCUT2D eigenvalue weighted by Gasteiger charge is -2.13. The molecule has 3 amide bonds. The van der Waals surface area contributed by atoms with E-state index in [1.54, 1.807) is 10.8 Å². The molecule has 3 aromatic rings. The van der Waals surface area contributed by atoms with Gasteiger partial charge in [-0.2, -0.15) is 5.10 Å². The highest BCUT2D eigenvalue weighted by atomic mass is 32.2. The minimum Gasteiger partial charge on any atom is -0.349 e. The summed E-state index contributed by atoms with van der Waals surface area (Å²) in [6.07, 6.45) is 3.88. The number of hydrogen-bond donors (Lipinski definition) is 1. The molecule has 1 aliphatic carbocycles. The first-order chi connectivity index (χ1) is 16.1. The van der Waals surface area contributed by atoms with E-state index in [9.17, 15) is 14.4 Å². The molecule has 7 nitrogen and oxygen atoms in total. The molecule has 0 bridgehead atoms. The second kappa shape index (κ2) is 9.07. The highest BCUT2D eigenvalue weighted by Gasteiger charge is 2.35. The maximum absolute atomic E-state index is 13.0. The molecular weight excluding hydrogens is 436 g/mol. The smallest absolute Gasteiger partial charge is 0.293 e. The highest BCUT2D eigenvalue weighted by Crippen LogP contribution is 2.39. The van der Waals surface area contributed by atoms with Crippen LogP contribution in [0.1, 0.15) is 40.5 Å². The number of carbonyl (C=O) groups is 3. The van der Waals surface area contributed by atoms with E-state index in [-0.39, 0.29) is 30.1 Å². The van der Waals surface area contributed by atoms with Crippen LogP contribution in [0.25, 0.3) is 11.8 Å². The van der Waals surface area contributed by atoms with Crippen LogP contribution in [0.15, 0.2) is 71.6 Å². The quantitative estimate of drug-likeness (QED) is 0.536. The number of nitrogens with one attached hydrogen (secondary N) is 1. The van der Waals surface area contributed by atoms with E-state index in [2.05, 4.69) is 10.4 Å². The Morgan fingerprint density at radius 1 is 1.06 bits per heavy atom. The molecule has 0 spiro atoms. The van der Waals surface area contributed by atoms with Gasteiger partial charge in [-0.15, -0.1) is 0 Å². The van der Waals surface area contributed by atoms with Gasteiger partial charge in [-0.05, 0) is 54.4 Å². The Labute approximate surface area is 195 Å². The third-order valence-electron chi connectivity index (χ3n) is 5.55. The summed E-state index contributed by atoms with van der Waals surface area (Å²) in [5.74, 6) is -0.216. The van der Waals surface area contributed by atoms with E-state index in [0.717, 1.165) is 41.5 Å². The fourth-order valence-corrected chi connectivity index (χ4v) is 4.54. The van der Waals surface area contributed by atoms with Gasteiger partial charge in [0.1, 0.15) is 5.69 Å². The molecule has 0 radical (unpaired) electrons. The van der Waals surface area contributed by atoms with Gasteiger partial charge in [-0.3, -0.25) is 19.3 Å². The summed E-state index contributed by atoms with van der Waals surface area (Å²) in [5.41, 5.74) is 3.03. The van der Waals surface area contributed by atoms with Crippen LogP contribution in [-0.2, 0) is 4.79 Å². The van der Waals surface area contributed by atoms with Crippen molar-refractivity contribution in [3.8, 4) is 5.69 Å². The molecule has 0 unspecified atom stereocenters. The van der Waals surface area contributed by atoms with Crippen molar-refractivity contribution >= 4 is 34.9 Å². The monoisotopic (exact) mass is 458 g/mol. The first kappa shape index (κ1) is 21.2. The molecule has 2 heterocycles. The maximum Gasteiger partial charge on any atom is 0.293 e. The summed E-state index contributed by atoms with van der Waals surface area (Å²) in [6.45, 7) is 0.270. The van der Waals surface area contributed by atoms with Crippen molar-refractivity contribution in [2.75, 3.05) is 13.1 Å². The topological polar surface area (TPSA) is 84.3 Å². The van der Waals surface area contributed by atoms with E-state index < -0.39 is 0 Å². The van der Waals surface area contributed by atoms with E-state index in [1.165, 1.54) is 4.90 Å². The molecule has 166 valence electrons. The Morgan fingerprint density at radius 2 is 1.76 bits per heavy atom. The molecule has 33 heavy (non-hydrogen) atoms. The Morgan fingerprint density at radius 3 is 2.45 bits per heavy atom. The van der Waals surface area contributed by atoms with Gasteiger partial charge >= 0.3 is 0 Å². The first-order valence-electron chi connectivity index (χ1n) is 10.8. The zero-order valence-corrected chi connectivity index (χ0v) is 18.6. The van der Waals surface area contributed by atoms with Gasteiger partial charge in [0.05, 0.1) is 16.3 Å². The van der Waals surface area contributed by atoms with Crippen LogP contribution < -0.4 is 5.32 Å². The molecule has 2 fully saturated rings. The lowest BCUT2D eigenvalue weighted by molar-refractivity contribution is -0.122. The fourth-order valence-electron chi connectivity index (χ4n) is 3.67. The zero-order chi connectivity index (χ0) is 22.8. The van der Waals surface area contributed by atoms with Crippen LogP contribution >= 0.6 is 11.8 Å². The van der Waals surface area contributed by atoms with Crippen molar-refractivity contribution in [1.29, 1.82) is 0 Å². The standard InChI is InChI=1S/C25H22N4O3S/c30-23(21-16-20(18-11-12-18)27-29(21)19-9-5-2-6-10-19)26-13-14-28-24(31)22(33-25(28)32)15-17-7-3-1-4-8-17/h1-10,15-16,18H,11-14H2,(H,26,30)/b22-15-. The predicted octanol–water partition coefficient (Wildman–Crippen LogP) is 4.22. The normalized spacial score (nSPS) is 17.1. The number of carbonyl (C=O) groups excluding carboxylic acids is 3. The van der Waals surface area contributed by atoms with Crippen molar-refractivity contribution in [2.45, 2.75) is 18.8 Å². The largest absolute Gasteiger partial charge is 0.349 e. The molecule has 5 rings (SSSR count). The molecule has 1 aromatic heterocycles. The molecule has 2 aromatic carbocycles. The molecular formula is C25H22N4O3S. The van der Waals surface area contributed by atoms with Crippen LogP contribution in [-0.4, -0.2) is 44.8 Å². The summed E-state index contributed by atoms with van der Waals surface area (Å²) < 4.78 is 1.66. The van der Waals surface area contributed by atoms with Crippen LogP contribution in [0.5, 0.6) is 0 Å². The number of hydrogen-bond acceptors (Lipinski definition) is 5. The molecule has 1 aliphatic heterocycles. The Hall–Kier alpha value is -3.65. The predicted molar refractivity (Wildman–Crippen MR) is 127 cm³/mol. The Kier molecular flexibility index (Phi) is 5.83. The van der Waals surface area contributed by atoms with Gasteiger partial charge in [-0.1, -0.05) is 48.5 Å². The minimum absolute atomic E-state index is 0.109. The summed E-state index contributed by atoms with van der Waals surface area (Å²) in [5, 5.41) is 7.16. The lowest BCUT2D eigenvalue weighted by Crippen LogP contribution is -2.37. The molecule has 1 saturated carbocycles. The number of thioether (sulfide) groups is 1. The van der Waals surface area contributed by atoms with E-state index in [0.29, 0.717) is 16.5 Å². The van der Waals surface area contributed by atoms with Gasteiger partial charge in [0.25, 0.3) is 17.1 Å². The molecule has 1 N–H and O–H groups in total. The van der Waals surface area contributed by atoms with Crippen molar-refractivity contribution in [1.82, 2.24) is 20.0 Å². The van der Waals surface area contributed by atoms with Crippen molar-refractivity contribution < 1.29 is 14.4 Å². The van der Waals surface area contributed by atoms with Crippen molar-refractivity contribution in [3.05, 3.63) is 88.6 Å². The van der Waals surface area contributed by atoms with Gasteiger partial charge in [0.15, 0.2) is 0 Å². The lowest BCUT2D eigenvalue weighted by atomic mass is 10.2. The van der Waals surface area contributed by atoms with E-state index in [4.69, 9.17) is 0 Å². The fraction of sp³-hybridized carbons (Fsp3) is 0.200. The van der Waals surface area contributed by atoms with Crippen molar-refractivity contribution in [3.63, 3.8) is 0 Å². The van der Waals surface area contributed by atoms with E-state index >= 15 is 0 Å². The molecule has 8 heteroatoms. The Bertz CT molecular complexity index is 1230. The van der Waals surface area contributed by atoms with Crippen LogP contribution in [0, 0.1) is 0 Å². The molecule has 1 saturated heterocycles. The number of amides is 3. The van der Waals surface area contributed by atoms with E-state index in [1.807, 2.05) is 66.7 Å². The average molecular weight is 459 g/mol. The first-order valence-corrected chi connectivity index (χ1v) is 11.7. The number of rotatable bonds is 7. The van der Waals surface area contributed by atoms with Gasteiger partial charge in [0, 0.05) is 19.0 Å². The SMILES string of the molecule is O=C(NCCN1C(=O)S/C(=C\c2ccccc2)C1=O)c1cc(C2CC2)nn1-c1ccccc1. The van der Waals surface area contributed by atoms with Gasteiger partial charge in [0.2, 0.25) is 0 Å². The third-order valence-corrected chi connectivity index (χ3v) is 6.46. The van der Waals surface area contributed by atoms with Gasteiger partial charge < -0.3 is 5.32 Å². The summed E-state index contributed by atoms with van der Waals surface area (Å²) >= 11 is 0.917. The highest BCUT2D eigenvalue weighted by molar-refractivity contribution is 8.18. The summed E-state index contributed by atoms with van der Waals surface area (Å²) in [4.78, 5) is 39.5. The average Bonchev–Trinajstić information content (AvgIpc) is 3.54. The second-order valence-electron chi connectivity index (χ2n) is 7.98. The van der Waals surface area contributed by atoms with Crippen LogP contribution in [0.4, 0.5) is 4.79 Å². The molecule has 0 atom stereocenters. The third kappa shape index (κ3) is 4.61. The number of aromatic nitrogens is 2. The number of para-hydroxylation sites is 1. The zero-order valence-electron chi connectivity index (χ0n) is 17.8. The van der Waals surface area contributed by atoms with Crippen LogP contribution in [0.2, 0.25) is 0 Å². The summed E-state index contributed by atoms with van der Waals surface area (Å²) in [7, 11) is 0. The Balaban J connectivity index is 1.25. The number of imide groups is 1. The maximum atomic E-state index is 13.0. The molecule has 2 aliphatic rings. The number of benzene rings is 2. The minimum atomic E-state index is -0.339.